The number of phenolic OH excluding ortho intramolecular Hbond substituents is 1. The first-order valence-electron chi connectivity index (χ1n) is 41.3. The predicted molar refractivity (Wildman–Crippen MR) is 435 cm³/mol. The molecule has 32 nitrogen and oxygen atoms in total. The van der Waals surface area contributed by atoms with Crippen LogP contribution in [0.15, 0.2) is 89.9 Å². The van der Waals surface area contributed by atoms with Crippen LogP contribution in [0, 0.1) is 29.6 Å². The van der Waals surface area contributed by atoms with Crippen molar-refractivity contribution in [3.63, 3.8) is 0 Å². The summed E-state index contributed by atoms with van der Waals surface area (Å²) >= 11 is 7.23. The molecule has 6 fully saturated rings. The molecular formula is C87H112ClN9O23. The number of halogens is 1. The Hall–Kier alpha value is -9.26. The van der Waals surface area contributed by atoms with Crippen molar-refractivity contribution in [3.05, 3.63) is 129 Å². The minimum Gasteiger partial charge on any atom is -0.508 e. The molecule has 14 unspecified atom stereocenters. The molecule has 4 heterocycles. The molecule has 8 amide bonds. The number of rotatable bonds is 32. The zero-order valence-electron chi connectivity index (χ0n) is 68.4. The molecule has 9 aliphatic rings. The van der Waals surface area contributed by atoms with Gasteiger partial charge in [-0.2, -0.15) is 0 Å². The summed E-state index contributed by atoms with van der Waals surface area (Å²) < 4.78 is 51.0. The summed E-state index contributed by atoms with van der Waals surface area (Å²) in [5.74, 6) is -10.2. The molecule has 18 N–H and O–H groups in total. The van der Waals surface area contributed by atoms with Crippen LogP contribution in [0.5, 0.6) is 34.5 Å². The number of imide groups is 1. The van der Waals surface area contributed by atoms with Crippen LogP contribution < -0.4 is 58.0 Å². The van der Waals surface area contributed by atoms with E-state index >= 15 is 14.4 Å². The maximum absolute atomic E-state index is 15.3. The lowest BCUT2D eigenvalue weighted by Gasteiger charge is -2.54. The molecule has 0 spiro atoms. The lowest BCUT2D eigenvalue weighted by molar-refractivity contribution is -0.316. The van der Waals surface area contributed by atoms with Crippen molar-refractivity contribution in [1.82, 2.24) is 26.6 Å². The standard InChI is InChI=1S/C87H112ClN9O23/c1-8-9-10-11-12-13-68(103)94-69(104)37-61-82(108)97-74(81(90)107)51-32-65(116-54-20-16-47(17-21-54)77(114-7)76(84(110)93-61)92-52(41-113-6)19-14-42(2)3)79(120-85-78(63(101)36-55(40-98)117-85)119-71-39-86(5,91)80(106)43(4)115-71)66(33-51)118-64-23-18-48(31-60(64)88)62(100)38-70(105)95-75(83(109)96-73-49-25-45-24-46(27-49)28-50(73)26-45)57-34-53(99)35-59-72(57)56-29-44(30-67(89)102)15-22-58(56)87(59,111)112/h15-18,20-23,29,31-35,42-43,45-46,49-50,55,61-63,71,73-78,80,85,98-101,106,111-112H,8-14,19,24-28,30,36-41,91H2,1-7H3,(H2,89,102)(H2,90,107)(H,93,110)(H,95,105)(H,96,109)(H,97,108)(H,94,103,104). The van der Waals surface area contributed by atoms with Gasteiger partial charge in [0.25, 0.3) is 0 Å². The fraction of sp³-hybridized carbons (Fsp3) is 0.552. The Balaban J connectivity index is 0.928. The monoisotopic (exact) mass is 1690 g/mol. The minimum absolute atomic E-state index is 0.00782. The third-order valence-electron chi connectivity index (χ3n) is 24.0. The van der Waals surface area contributed by atoms with Crippen molar-refractivity contribution in [3.8, 4) is 45.6 Å². The fourth-order valence-electron chi connectivity index (χ4n) is 18.1. The Morgan fingerprint density at radius 2 is 1.52 bits per heavy atom. The van der Waals surface area contributed by atoms with E-state index in [0.29, 0.717) is 54.4 Å². The van der Waals surface area contributed by atoms with Crippen molar-refractivity contribution in [2.24, 2.45) is 51.8 Å². The van der Waals surface area contributed by atoms with Crippen LogP contribution in [0.1, 0.15) is 207 Å². The predicted octanol–water partition coefficient (Wildman–Crippen LogP) is 6.61. The summed E-state index contributed by atoms with van der Waals surface area (Å²) in [5, 5.41) is 94.4. The van der Waals surface area contributed by atoms with Gasteiger partial charge < -0.3 is 112 Å². The number of carbonyl (C=O) groups is 8. The fourth-order valence-corrected chi connectivity index (χ4v) is 18.4. The Kier molecular flexibility index (Phi) is 29.1. The van der Waals surface area contributed by atoms with E-state index in [1.54, 1.807) is 26.0 Å². The van der Waals surface area contributed by atoms with Gasteiger partial charge in [0, 0.05) is 61.9 Å². The average Bonchev–Trinajstić information content (AvgIpc) is 1.56. The summed E-state index contributed by atoms with van der Waals surface area (Å²) in [7, 11) is 2.81. The van der Waals surface area contributed by atoms with Gasteiger partial charge in [-0.05, 0) is 182 Å². The number of hydrogen-bond acceptors (Lipinski definition) is 25. The number of aliphatic imine (C=N–C) groups is 1. The summed E-state index contributed by atoms with van der Waals surface area (Å²) in [6, 6.07) is 12.0. The molecule has 2 saturated heterocycles. The Morgan fingerprint density at radius 3 is 2.17 bits per heavy atom. The maximum atomic E-state index is 15.3. The molecule has 0 radical (unpaired) electrons. The Morgan fingerprint density at radius 1 is 0.800 bits per heavy atom. The second kappa shape index (κ2) is 38.9. The smallest absolute Gasteiger partial charge is 0.248 e. The normalized spacial score (nSPS) is 27.9. The zero-order chi connectivity index (χ0) is 86.3. The molecule has 5 aromatic rings. The number of carbonyl (C=O) groups excluding carboxylic acids is 8. The number of aliphatic hydroxyl groups excluding tert-OH is 4. The van der Waals surface area contributed by atoms with Crippen LogP contribution in [-0.4, -0.2) is 183 Å². The van der Waals surface area contributed by atoms with Gasteiger partial charge in [-0.15, -0.1) is 0 Å². The van der Waals surface area contributed by atoms with E-state index in [1.165, 1.54) is 80.9 Å². The molecule has 0 aromatic heterocycles. The van der Waals surface area contributed by atoms with Crippen molar-refractivity contribution in [1.29, 1.82) is 0 Å². The van der Waals surface area contributed by atoms with E-state index in [2.05, 4.69) is 26.6 Å². The number of methoxy groups -OCH3 is 2. The number of aliphatic hydroxyl groups is 6. The summed E-state index contributed by atoms with van der Waals surface area (Å²) in [6.45, 7) is 8.59. The van der Waals surface area contributed by atoms with Crippen LogP contribution in [0.25, 0.3) is 11.1 Å². The van der Waals surface area contributed by atoms with E-state index in [4.69, 9.17) is 71.7 Å². The molecule has 5 aliphatic carbocycles. The highest BCUT2D eigenvalue weighted by atomic mass is 35.5. The van der Waals surface area contributed by atoms with Crippen LogP contribution in [0.4, 0.5) is 0 Å². The highest BCUT2D eigenvalue weighted by Crippen LogP contribution is 2.56. The third kappa shape index (κ3) is 21.1. The number of aromatic hydroxyl groups is 1. The van der Waals surface area contributed by atoms with Crippen molar-refractivity contribution in [2.45, 2.75) is 247 Å². The first kappa shape index (κ1) is 90.0. The molecule has 650 valence electrons. The number of benzene rings is 5. The van der Waals surface area contributed by atoms with E-state index in [1.807, 2.05) is 20.8 Å². The van der Waals surface area contributed by atoms with Gasteiger partial charge in [-0.25, -0.2) is 0 Å². The van der Waals surface area contributed by atoms with Gasteiger partial charge in [0.1, 0.15) is 47.6 Å². The zero-order valence-corrected chi connectivity index (χ0v) is 69.2. The quantitative estimate of drug-likeness (QED) is 0.0122. The van der Waals surface area contributed by atoms with Crippen LogP contribution in [0.2, 0.25) is 5.02 Å². The van der Waals surface area contributed by atoms with Gasteiger partial charge in [-0.1, -0.05) is 94.5 Å². The summed E-state index contributed by atoms with van der Waals surface area (Å²) in [5.41, 5.74) is 18.2. The minimum atomic E-state index is -2.72. The van der Waals surface area contributed by atoms with Crippen LogP contribution in [-0.2, 0) is 74.2 Å². The molecule has 5 aromatic carbocycles. The summed E-state index contributed by atoms with van der Waals surface area (Å²) in [6.07, 6.45) is -4.53. The number of amides is 8. The molecule has 4 saturated carbocycles. The van der Waals surface area contributed by atoms with Crippen LogP contribution in [0.3, 0.4) is 0 Å². The third-order valence-corrected chi connectivity index (χ3v) is 24.2. The molecule has 4 aliphatic heterocycles. The summed E-state index contributed by atoms with van der Waals surface area (Å²) in [4.78, 5) is 120. The molecule has 14 atom stereocenters. The first-order valence-corrected chi connectivity index (χ1v) is 41.6. The van der Waals surface area contributed by atoms with Gasteiger partial charge in [0.15, 0.2) is 23.8 Å². The topological polar surface area (TPSA) is 503 Å². The average molecular weight is 1690 g/mol. The van der Waals surface area contributed by atoms with Crippen molar-refractivity contribution < 1.29 is 112 Å². The molecular weight excluding hydrogens is 1570 g/mol. The van der Waals surface area contributed by atoms with E-state index in [0.717, 1.165) is 57.4 Å². The highest BCUT2D eigenvalue weighted by Gasteiger charge is 2.52. The van der Waals surface area contributed by atoms with Gasteiger partial charge >= 0.3 is 0 Å². The van der Waals surface area contributed by atoms with E-state index in [9.17, 15) is 59.7 Å². The number of hydrogen-bond donors (Lipinski definition) is 15. The SMILES string of the molecule is CCCCCCCC(=O)NC(=O)CC1NC(=O)C(N=C(CCC(C)C)COC)C(OC)c2ccc(cc2)Oc2cc(cc(Oc3ccc(C(O)CC(=O)NC(C(=O)NC4C5CC6CC(C5)CC4C6)c4cc(O)cc5c4-c4cc(CC(N)=O)ccc4C5(O)O)cc3Cl)c2OC2OC(CO)CC(O)C2OC2CC(C)(N)C(O)C(C)O2)C(C(N)=O)NC1=O. The van der Waals surface area contributed by atoms with Gasteiger partial charge in [0.05, 0.1) is 68.0 Å². The van der Waals surface area contributed by atoms with Gasteiger partial charge in [-0.3, -0.25) is 48.7 Å². The van der Waals surface area contributed by atoms with E-state index < -0.39 is 175 Å². The van der Waals surface area contributed by atoms with Crippen molar-refractivity contribution >= 4 is 64.6 Å². The lowest BCUT2D eigenvalue weighted by Crippen LogP contribution is -2.62. The Labute approximate surface area is 700 Å². The number of phenols is 1. The second-order valence-corrected chi connectivity index (χ2v) is 34.2. The molecule has 33 heteroatoms. The number of unbranched alkanes of at least 4 members (excludes halogenated alkanes) is 4. The van der Waals surface area contributed by atoms with E-state index in [-0.39, 0.29) is 117 Å². The molecule has 120 heavy (non-hydrogen) atoms. The largest absolute Gasteiger partial charge is 0.508 e. The van der Waals surface area contributed by atoms with Crippen LogP contribution >= 0.6 is 11.6 Å². The maximum Gasteiger partial charge on any atom is 0.248 e. The number of nitrogens with one attached hydrogen (secondary N) is 5. The highest BCUT2D eigenvalue weighted by molar-refractivity contribution is 6.32. The Bertz CT molecular complexity index is 4590. The molecule has 8 bridgehead atoms. The van der Waals surface area contributed by atoms with Crippen molar-refractivity contribution in [2.75, 3.05) is 27.4 Å². The second-order valence-electron chi connectivity index (χ2n) is 33.8. The molecule has 14 rings (SSSR count). The number of nitrogens with zero attached hydrogens (tertiary/aromatic N) is 1. The lowest BCUT2D eigenvalue weighted by atomic mass is 9.54. The van der Waals surface area contributed by atoms with Gasteiger partial charge in [0.2, 0.25) is 65.1 Å². The number of ether oxygens (including phenoxy) is 8. The number of fused-ring (bicyclic) bond motifs is 12. The number of primary amides is 2. The first-order chi connectivity index (χ1) is 57.1. The number of nitrogens with two attached hydrogens (primary N) is 3.